The molecule has 0 atom stereocenters. The highest BCUT2D eigenvalue weighted by molar-refractivity contribution is 5.76. The first-order valence-corrected chi connectivity index (χ1v) is 6.62. The van der Waals surface area contributed by atoms with Crippen molar-refractivity contribution in [2.45, 2.75) is 38.2 Å². The smallest absolute Gasteiger partial charge is 0.224 e. The van der Waals surface area contributed by atoms with Gasteiger partial charge in [-0.15, -0.1) is 0 Å². The number of ether oxygens (including phenoxy) is 2. The standard InChI is InChI=1S/C13H25NO4/c1-13(16)5-7-14(8-6-13)12(15)4-11-18-10-3-9-17-2/h16H,3-11H2,1-2H3. The maximum atomic E-state index is 11.8. The molecule has 5 heteroatoms. The Morgan fingerprint density at radius 3 is 2.56 bits per heavy atom. The van der Waals surface area contributed by atoms with E-state index in [4.69, 9.17) is 9.47 Å². The van der Waals surface area contributed by atoms with E-state index >= 15 is 0 Å². The molecule has 1 N–H and O–H groups in total. The van der Waals surface area contributed by atoms with E-state index in [1.165, 1.54) is 0 Å². The highest BCUT2D eigenvalue weighted by Crippen LogP contribution is 2.21. The van der Waals surface area contributed by atoms with Crippen molar-refractivity contribution in [1.29, 1.82) is 0 Å². The van der Waals surface area contributed by atoms with Gasteiger partial charge in [0.1, 0.15) is 0 Å². The highest BCUT2D eigenvalue weighted by Gasteiger charge is 2.29. The Morgan fingerprint density at radius 2 is 1.94 bits per heavy atom. The van der Waals surface area contributed by atoms with E-state index in [9.17, 15) is 9.90 Å². The lowest BCUT2D eigenvalue weighted by atomic mass is 9.94. The summed E-state index contributed by atoms with van der Waals surface area (Å²) in [5.41, 5.74) is -0.604. The van der Waals surface area contributed by atoms with Crippen molar-refractivity contribution in [3.8, 4) is 0 Å². The molecule has 1 heterocycles. The third kappa shape index (κ3) is 5.80. The van der Waals surface area contributed by atoms with Crippen LogP contribution in [0.5, 0.6) is 0 Å². The molecule has 1 amide bonds. The van der Waals surface area contributed by atoms with Crippen LogP contribution in [0.1, 0.15) is 32.6 Å². The number of likely N-dealkylation sites (tertiary alicyclic amines) is 1. The van der Waals surface area contributed by atoms with Gasteiger partial charge >= 0.3 is 0 Å². The highest BCUT2D eigenvalue weighted by atomic mass is 16.5. The minimum absolute atomic E-state index is 0.122. The largest absolute Gasteiger partial charge is 0.390 e. The Morgan fingerprint density at radius 1 is 1.28 bits per heavy atom. The summed E-state index contributed by atoms with van der Waals surface area (Å²) in [6.07, 6.45) is 2.60. The van der Waals surface area contributed by atoms with Crippen LogP contribution in [0.25, 0.3) is 0 Å². The van der Waals surface area contributed by atoms with Crippen LogP contribution >= 0.6 is 0 Å². The maximum absolute atomic E-state index is 11.8. The van der Waals surface area contributed by atoms with Gasteiger partial charge in [0, 0.05) is 33.4 Å². The maximum Gasteiger partial charge on any atom is 0.224 e. The molecule has 18 heavy (non-hydrogen) atoms. The summed E-state index contributed by atoms with van der Waals surface area (Å²) in [5.74, 6) is 0.122. The Hall–Kier alpha value is -0.650. The van der Waals surface area contributed by atoms with Crippen LogP contribution < -0.4 is 0 Å². The molecule has 0 spiro atoms. The first kappa shape index (κ1) is 15.4. The lowest BCUT2D eigenvalue weighted by molar-refractivity contribution is -0.136. The summed E-state index contributed by atoms with van der Waals surface area (Å²) in [5, 5.41) is 9.80. The molecule has 1 fully saturated rings. The van der Waals surface area contributed by atoms with E-state index in [1.54, 1.807) is 7.11 Å². The number of aliphatic hydroxyl groups is 1. The normalized spacial score (nSPS) is 18.9. The van der Waals surface area contributed by atoms with Gasteiger partial charge in [0.25, 0.3) is 0 Å². The summed E-state index contributed by atoms with van der Waals surface area (Å²) < 4.78 is 10.3. The van der Waals surface area contributed by atoms with E-state index in [0.717, 1.165) is 6.42 Å². The molecule has 0 aromatic heterocycles. The number of nitrogens with zero attached hydrogens (tertiary/aromatic N) is 1. The molecule has 0 saturated carbocycles. The zero-order valence-electron chi connectivity index (χ0n) is 11.5. The van der Waals surface area contributed by atoms with Crippen LogP contribution in [-0.4, -0.2) is 61.5 Å². The van der Waals surface area contributed by atoms with Gasteiger partial charge in [-0.25, -0.2) is 0 Å². The quantitative estimate of drug-likeness (QED) is 0.687. The number of rotatable bonds is 7. The fourth-order valence-corrected chi connectivity index (χ4v) is 1.96. The molecule has 1 aliphatic heterocycles. The molecule has 0 bridgehead atoms. The van der Waals surface area contributed by atoms with Gasteiger partial charge in [-0.3, -0.25) is 4.79 Å². The average molecular weight is 259 g/mol. The minimum Gasteiger partial charge on any atom is -0.390 e. The molecule has 0 unspecified atom stereocenters. The van der Waals surface area contributed by atoms with Gasteiger partial charge < -0.3 is 19.5 Å². The van der Waals surface area contributed by atoms with Crippen molar-refractivity contribution < 1.29 is 19.4 Å². The molecule has 5 nitrogen and oxygen atoms in total. The van der Waals surface area contributed by atoms with Gasteiger partial charge in [-0.05, 0) is 26.2 Å². The number of piperidine rings is 1. The zero-order valence-corrected chi connectivity index (χ0v) is 11.5. The number of hydrogen-bond acceptors (Lipinski definition) is 4. The van der Waals surface area contributed by atoms with E-state index in [2.05, 4.69) is 0 Å². The Bertz CT molecular complexity index is 245. The van der Waals surface area contributed by atoms with E-state index < -0.39 is 5.60 Å². The summed E-state index contributed by atoms with van der Waals surface area (Å²) in [4.78, 5) is 13.7. The fourth-order valence-electron chi connectivity index (χ4n) is 1.96. The van der Waals surface area contributed by atoms with Crippen LogP contribution in [0.3, 0.4) is 0 Å². The summed E-state index contributed by atoms with van der Waals surface area (Å²) in [7, 11) is 1.66. The predicted octanol–water partition coefficient (Wildman–Crippen LogP) is 0.803. The monoisotopic (exact) mass is 259 g/mol. The second-order valence-electron chi connectivity index (χ2n) is 5.09. The third-order valence-corrected chi connectivity index (χ3v) is 3.29. The average Bonchev–Trinajstić information content (AvgIpc) is 2.33. The molecule has 0 aliphatic carbocycles. The second kappa shape index (κ2) is 7.71. The van der Waals surface area contributed by atoms with Crippen LogP contribution in [0.4, 0.5) is 0 Å². The van der Waals surface area contributed by atoms with Gasteiger partial charge in [-0.1, -0.05) is 0 Å². The summed E-state index contributed by atoms with van der Waals surface area (Å²) in [6, 6.07) is 0. The molecular formula is C13H25NO4. The van der Waals surface area contributed by atoms with Crippen molar-refractivity contribution in [2.75, 3.05) is 40.0 Å². The van der Waals surface area contributed by atoms with Crippen LogP contribution in [0.15, 0.2) is 0 Å². The number of carbonyl (C=O) groups is 1. The van der Waals surface area contributed by atoms with Crippen molar-refractivity contribution >= 4 is 5.91 Å². The van der Waals surface area contributed by atoms with Gasteiger partial charge in [0.05, 0.1) is 18.6 Å². The molecule has 1 rings (SSSR count). The zero-order chi connectivity index (χ0) is 13.4. The molecule has 106 valence electrons. The van der Waals surface area contributed by atoms with Crippen molar-refractivity contribution in [1.82, 2.24) is 4.90 Å². The topological polar surface area (TPSA) is 59.0 Å². The Labute approximate surface area is 109 Å². The van der Waals surface area contributed by atoms with E-state index in [1.807, 2.05) is 11.8 Å². The number of hydrogen-bond donors (Lipinski definition) is 1. The molecule has 1 saturated heterocycles. The Kier molecular flexibility index (Phi) is 6.60. The summed E-state index contributed by atoms with van der Waals surface area (Å²) in [6.45, 7) is 4.92. The molecular weight excluding hydrogens is 234 g/mol. The lowest BCUT2D eigenvalue weighted by Crippen LogP contribution is -2.45. The van der Waals surface area contributed by atoms with Crippen LogP contribution in [0.2, 0.25) is 0 Å². The van der Waals surface area contributed by atoms with Gasteiger partial charge in [-0.2, -0.15) is 0 Å². The lowest BCUT2D eigenvalue weighted by Gasteiger charge is -2.35. The number of carbonyl (C=O) groups excluding carboxylic acids is 1. The molecule has 0 radical (unpaired) electrons. The van der Waals surface area contributed by atoms with Crippen molar-refractivity contribution in [3.63, 3.8) is 0 Å². The molecule has 0 aromatic rings. The van der Waals surface area contributed by atoms with Crippen LogP contribution in [-0.2, 0) is 14.3 Å². The fraction of sp³-hybridized carbons (Fsp3) is 0.923. The van der Waals surface area contributed by atoms with E-state index in [-0.39, 0.29) is 5.91 Å². The summed E-state index contributed by atoms with van der Waals surface area (Å²) >= 11 is 0. The SMILES string of the molecule is COCCCOCCC(=O)N1CCC(C)(O)CC1. The molecule has 0 aromatic carbocycles. The first-order chi connectivity index (χ1) is 8.55. The third-order valence-electron chi connectivity index (χ3n) is 3.29. The second-order valence-corrected chi connectivity index (χ2v) is 5.09. The molecule has 1 aliphatic rings. The number of methoxy groups -OCH3 is 1. The van der Waals surface area contributed by atoms with E-state index in [0.29, 0.717) is 52.2 Å². The first-order valence-electron chi connectivity index (χ1n) is 6.62. The minimum atomic E-state index is -0.604. The Balaban J connectivity index is 2.07. The van der Waals surface area contributed by atoms with Crippen molar-refractivity contribution in [2.24, 2.45) is 0 Å². The van der Waals surface area contributed by atoms with Crippen molar-refractivity contribution in [3.05, 3.63) is 0 Å². The number of amides is 1. The van der Waals surface area contributed by atoms with Gasteiger partial charge in [0.15, 0.2) is 0 Å². The predicted molar refractivity (Wildman–Crippen MR) is 68.4 cm³/mol. The van der Waals surface area contributed by atoms with Crippen LogP contribution in [0, 0.1) is 0 Å². The van der Waals surface area contributed by atoms with Gasteiger partial charge in [0.2, 0.25) is 5.91 Å².